The predicted molar refractivity (Wildman–Crippen MR) is 95.0 cm³/mol. The molecular weight excluding hydrogens is 344 g/mol. The zero-order valence-corrected chi connectivity index (χ0v) is 14.8. The van der Waals surface area contributed by atoms with Crippen molar-refractivity contribution in [3.8, 4) is 0 Å². The molecule has 0 spiro atoms. The Morgan fingerprint density at radius 1 is 1.25 bits per heavy atom. The first-order valence-corrected chi connectivity index (χ1v) is 9.69. The molecule has 1 aliphatic heterocycles. The summed E-state index contributed by atoms with van der Waals surface area (Å²) in [6.07, 6.45) is 5.54. The molecule has 124 valence electrons. The van der Waals surface area contributed by atoms with Crippen LogP contribution >= 0.6 is 23.1 Å². The number of fused-ring (bicyclic) bond motifs is 1. The number of hydrogen-bond acceptors (Lipinski definition) is 7. The number of aromatic nitrogens is 4. The molecule has 3 aromatic rings. The van der Waals surface area contributed by atoms with E-state index in [0.29, 0.717) is 18.8 Å². The number of nitrogens with zero attached hydrogens (tertiary/aromatic N) is 6. The minimum Gasteiger partial charge on any atom is -0.352 e. The van der Waals surface area contributed by atoms with Crippen molar-refractivity contribution >= 4 is 40.5 Å². The average Bonchev–Trinajstić information content (AvgIpc) is 3.29. The Hall–Kier alpha value is -2.13. The van der Waals surface area contributed by atoms with Crippen molar-refractivity contribution in [2.75, 3.05) is 37.3 Å². The van der Waals surface area contributed by atoms with Gasteiger partial charge in [-0.1, -0.05) is 11.8 Å². The normalized spacial score (nSPS) is 15.2. The summed E-state index contributed by atoms with van der Waals surface area (Å²) in [5.74, 6) is 0.926. The lowest BCUT2D eigenvalue weighted by Gasteiger charge is -2.35. The standard InChI is InChI=1S/C15H16N6OS2/c1-23-15-17-11(10-24-15)14(22)20-8-6-19(7-9-20)13-3-2-12-16-4-5-21(12)18-13/h2-5,10H,6-9H2,1H3. The van der Waals surface area contributed by atoms with E-state index in [4.69, 9.17) is 0 Å². The molecule has 4 rings (SSSR count). The summed E-state index contributed by atoms with van der Waals surface area (Å²) in [7, 11) is 0. The monoisotopic (exact) mass is 360 g/mol. The predicted octanol–water partition coefficient (Wildman–Crippen LogP) is 1.87. The molecule has 1 fully saturated rings. The van der Waals surface area contributed by atoms with Crippen molar-refractivity contribution in [3.05, 3.63) is 35.6 Å². The van der Waals surface area contributed by atoms with Crippen LogP contribution in [0, 0.1) is 0 Å². The van der Waals surface area contributed by atoms with Crippen molar-refractivity contribution in [1.82, 2.24) is 24.5 Å². The van der Waals surface area contributed by atoms with Gasteiger partial charge in [-0.05, 0) is 18.4 Å². The maximum atomic E-state index is 12.5. The molecule has 1 aliphatic rings. The maximum Gasteiger partial charge on any atom is 0.273 e. The molecule has 1 amide bonds. The zero-order valence-electron chi connectivity index (χ0n) is 13.1. The lowest BCUT2D eigenvalue weighted by Crippen LogP contribution is -2.49. The Balaban J connectivity index is 1.43. The Labute approximate surface area is 147 Å². The highest BCUT2D eigenvalue weighted by atomic mass is 32.2. The molecule has 0 unspecified atom stereocenters. The van der Waals surface area contributed by atoms with Gasteiger partial charge in [0, 0.05) is 44.0 Å². The third kappa shape index (κ3) is 2.84. The van der Waals surface area contributed by atoms with E-state index in [1.54, 1.807) is 22.5 Å². The van der Waals surface area contributed by atoms with Crippen molar-refractivity contribution in [2.45, 2.75) is 4.34 Å². The molecule has 0 saturated carbocycles. The molecule has 7 nitrogen and oxygen atoms in total. The highest BCUT2D eigenvalue weighted by Crippen LogP contribution is 2.21. The van der Waals surface area contributed by atoms with Crippen LogP contribution in [-0.4, -0.2) is 62.8 Å². The number of thiazole rings is 1. The van der Waals surface area contributed by atoms with Gasteiger partial charge in [0.15, 0.2) is 5.65 Å². The van der Waals surface area contributed by atoms with Gasteiger partial charge >= 0.3 is 0 Å². The quantitative estimate of drug-likeness (QED) is 0.665. The van der Waals surface area contributed by atoms with Gasteiger partial charge in [-0.3, -0.25) is 4.79 Å². The maximum absolute atomic E-state index is 12.5. The van der Waals surface area contributed by atoms with Gasteiger partial charge in [0.25, 0.3) is 5.91 Å². The largest absolute Gasteiger partial charge is 0.352 e. The molecule has 0 N–H and O–H groups in total. The lowest BCUT2D eigenvalue weighted by atomic mass is 10.3. The van der Waals surface area contributed by atoms with E-state index in [1.165, 1.54) is 11.3 Å². The first-order chi connectivity index (χ1) is 11.7. The Bertz CT molecular complexity index is 868. The van der Waals surface area contributed by atoms with Crippen molar-refractivity contribution < 1.29 is 4.79 Å². The van der Waals surface area contributed by atoms with Crippen LogP contribution in [0.25, 0.3) is 5.65 Å². The van der Waals surface area contributed by atoms with E-state index < -0.39 is 0 Å². The van der Waals surface area contributed by atoms with Gasteiger partial charge in [-0.25, -0.2) is 14.5 Å². The van der Waals surface area contributed by atoms with E-state index in [9.17, 15) is 4.79 Å². The summed E-state index contributed by atoms with van der Waals surface area (Å²) >= 11 is 3.08. The van der Waals surface area contributed by atoms with Crippen LogP contribution in [-0.2, 0) is 0 Å². The van der Waals surface area contributed by atoms with Gasteiger partial charge in [0.05, 0.1) is 0 Å². The van der Waals surface area contributed by atoms with Crippen LogP contribution in [0.5, 0.6) is 0 Å². The molecular formula is C15H16N6OS2. The highest BCUT2D eigenvalue weighted by Gasteiger charge is 2.24. The molecule has 24 heavy (non-hydrogen) atoms. The molecule has 1 saturated heterocycles. The van der Waals surface area contributed by atoms with Crippen molar-refractivity contribution in [3.63, 3.8) is 0 Å². The molecule has 0 atom stereocenters. The summed E-state index contributed by atoms with van der Waals surface area (Å²) in [4.78, 5) is 25.2. The summed E-state index contributed by atoms with van der Waals surface area (Å²) in [5, 5.41) is 6.41. The number of anilines is 1. The van der Waals surface area contributed by atoms with Crippen LogP contribution < -0.4 is 4.90 Å². The van der Waals surface area contributed by atoms with Gasteiger partial charge < -0.3 is 9.80 Å². The van der Waals surface area contributed by atoms with Gasteiger partial charge in [0.1, 0.15) is 15.9 Å². The molecule has 0 bridgehead atoms. The van der Waals surface area contributed by atoms with Gasteiger partial charge in [-0.2, -0.15) is 0 Å². The van der Waals surface area contributed by atoms with E-state index in [0.717, 1.165) is 28.9 Å². The molecule has 9 heteroatoms. The zero-order chi connectivity index (χ0) is 16.5. The first kappa shape index (κ1) is 15.4. The summed E-state index contributed by atoms with van der Waals surface area (Å²) < 4.78 is 2.70. The van der Waals surface area contributed by atoms with Gasteiger partial charge in [0.2, 0.25) is 0 Å². The molecule has 4 heterocycles. The van der Waals surface area contributed by atoms with Crippen molar-refractivity contribution in [2.24, 2.45) is 0 Å². The lowest BCUT2D eigenvalue weighted by molar-refractivity contribution is 0.0741. The summed E-state index contributed by atoms with van der Waals surface area (Å²) in [6, 6.07) is 3.93. The van der Waals surface area contributed by atoms with E-state index in [2.05, 4.69) is 20.0 Å². The fourth-order valence-corrected chi connectivity index (χ4v) is 3.96. The Kier molecular flexibility index (Phi) is 4.11. The number of carbonyl (C=O) groups is 1. The molecule has 0 radical (unpaired) electrons. The number of rotatable bonds is 3. The smallest absolute Gasteiger partial charge is 0.273 e. The molecule has 0 aromatic carbocycles. The number of thioether (sulfide) groups is 1. The number of imidazole rings is 1. The van der Waals surface area contributed by atoms with Crippen LogP contribution in [0.2, 0.25) is 0 Å². The van der Waals surface area contributed by atoms with Gasteiger partial charge in [-0.15, -0.1) is 16.4 Å². The fourth-order valence-electron chi connectivity index (χ4n) is 2.72. The first-order valence-electron chi connectivity index (χ1n) is 7.59. The second-order valence-corrected chi connectivity index (χ2v) is 7.32. The number of carbonyl (C=O) groups excluding carboxylic acids is 1. The number of piperazine rings is 1. The molecule has 0 aliphatic carbocycles. The number of hydrogen-bond donors (Lipinski definition) is 0. The summed E-state index contributed by atoms with van der Waals surface area (Å²) in [6.45, 7) is 2.88. The van der Waals surface area contributed by atoms with Crippen LogP contribution in [0.4, 0.5) is 5.82 Å². The Morgan fingerprint density at radius 2 is 2.08 bits per heavy atom. The highest BCUT2D eigenvalue weighted by molar-refractivity contribution is 8.00. The third-order valence-corrected chi connectivity index (χ3v) is 5.87. The van der Waals surface area contributed by atoms with E-state index in [-0.39, 0.29) is 5.91 Å². The van der Waals surface area contributed by atoms with E-state index >= 15 is 0 Å². The SMILES string of the molecule is CSc1nc(C(=O)N2CCN(c3ccc4nccn4n3)CC2)cs1. The van der Waals surface area contributed by atoms with Crippen LogP contribution in [0.15, 0.2) is 34.2 Å². The van der Waals surface area contributed by atoms with Crippen molar-refractivity contribution in [1.29, 1.82) is 0 Å². The minimum absolute atomic E-state index is 0.0178. The number of amides is 1. The van der Waals surface area contributed by atoms with Crippen LogP contribution in [0.3, 0.4) is 0 Å². The van der Waals surface area contributed by atoms with E-state index in [1.807, 2.05) is 34.9 Å². The second kappa shape index (κ2) is 6.40. The average molecular weight is 360 g/mol. The minimum atomic E-state index is 0.0178. The topological polar surface area (TPSA) is 66.6 Å². The third-order valence-electron chi connectivity index (χ3n) is 4.01. The Morgan fingerprint density at radius 3 is 2.83 bits per heavy atom. The second-order valence-electron chi connectivity index (χ2n) is 5.40. The summed E-state index contributed by atoms with van der Waals surface area (Å²) in [5.41, 5.74) is 1.39. The molecule has 3 aromatic heterocycles. The fraction of sp³-hybridized carbons (Fsp3) is 0.333. The van der Waals surface area contributed by atoms with Crippen LogP contribution in [0.1, 0.15) is 10.5 Å².